The topological polar surface area (TPSA) is 29.9 Å². The van der Waals surface area contributed by atoms with Crippen molar-refractivity contribution in [2.75, 3.05) is 6.54 Å². The Morgan fingerprint density at radius 1 is 1.31 bits per heavy atom. The number of hydrogen-bond acceptors (Lipinski definition) is 2. The van der Waals surface area contributed by atoms with Gasteiger partial charge in [-0.25, -0.2) is 4.98 Å². The highest BCUT2D eigenvalue weighted by atomic mass is 15.1. The first-order valence-electron chi connectivity index (χ1n) is 6.04. The van der Waals surface area contributed by atoms with Crippen LogP contribution in [0.25, 0.3) is 0 Å². The van der Waals surface area contributed by atoms with Crippen molar-refractivity contribution in [3.63, 3.8) is 0 Å². The van der Waals surface area contributed by atoms with E-state index < -0.39 is 0 Å². The van der Waals surface area contributed by atoms with Gasteiger partial charge < -0.3 is 9.88 Å². The molecule has 1 fully saturated rings. The van der Waals surface area contributed by atoms with E-state index in [0.29, 0.717) is 10.8 Å². The summed E-state index contributed by atoms with van der Waals surface area (Å²) in [5.74, 6) is 1.89. The van der Waals surface area contributed by atoms with Gasteiger partial charge in [0.2, 0.25) is 0 Å². The van der Waals surface area contributed by atoms with E-state index in [1.165, 1.54) is 0 Å². The fourth-order valence-corrected chi connectivity index (χ4v) is 2.74. The SMILES string of the molecule is Cn1ccnc1CNCC1C(C)(C)C1(C)C. The van der Waals surface area contributed by atoms with E-state index in [9.17, 15) is 0 Å². The zero-order valence-corrected chi connectivity index (χ0v) is 11.0. The number of aromatic nitrogens is 2. The Bertz CT molecular complexity index is 362. The summed E-state index contributed by atoms with van der Waals surface area (Å²) in [5, 5.41) is 3.52. The molecule has 0 radical (unpaired) electrons. The molecule has 90 valence electrons. The van der Waals surface area contributed by atoms with Gasteiger partial charge in [-0.2, -0.15) is 0 Å². The second-order valence-corrected chi connectivity index (χ2v) is 6.08. The molecule has 0 atom stereocenters. The van der Waals surface area contributed by atoms with Gasteiger partial charge in [-0.3, -0.25) is 0 Å². The third-order valence-corrected chi connectivity index (χ3v) is 4.87. The van der Waals surface area contributed by atoms with Crippen molar-refractivity contribution in [3.8, 4) is 0 Å². The molecule has 0 amide bonds. The molecule has 1 saturated carbocycles. The van der Waals surface area contributed by atoms with Crippen molar-refractivity contribution < 1.29 is 0 Å². The highest BCUT2D eigenvalue weighted by molar-refractivity contribution is 5.12. The van der Waals surface area contributed by atoms with E-state index in [4.69, 9.17) is 0 Å². The number of hydrogen-bond donors (Lipinski definition) is 1. The maximum atomic E-state index is 4.31. The molecular weight excluding hydrogens is 198 g/mol. The van der Waals surface area contributed by atoms with E-state index in [0.717, 1.165) is 24.8 Å². The minimum atomic E-state index is 0.474. The second kappa shape index (κ2) is 3.59. The summed E-state index contributed by atoms with van der Waals surface area (Å²) in [5.41, 5.74) is 0.948. The fourth-order valence-electron chi connectivity index (χ4n) is 2.74. The molecule has 1 heterocycles. The summed E-state index contributed by atoms with van der Waals surface area (Å²) < 4.78 is 2.07. The molecule has 1 aromatic heterocycles. The Labute approximate surface area is 98.3 Å². The minimum absolute atomic E-state index is 0.474. The molecule has 0 spiro atoms. The fraction of sp³-hybridized carbons (Fsp3) is 0.769. The molecule has 0 aliphatic heterocycles. The first kappa shape index (κ1) is 11.6. The molecule has 3 nitrogen and oxygen atoms in total. The Morgan fingerprint density at radius 2 is 1.94 bits per heavy atom. The normalized spacial score (nSPS) is 22.3. The van der Waals surface area contributed by atoms with Crippen LogP contribution in [0.15, 0.2) is 12.4 Å². The van der Waals surface area contributed by atoms with Crippen LogP contribution in [0.5, 0.6) is 0 Å². The predicted molar refractivity (Wildman–Crippen MR) is 66.0 cm³/mol. The quantitative estimate of drug-likeness (QED) is 0.844. The lowest BCUT2D eigenvalue weighted by Crippen LogP contribution is -2.20. The maximum absolute atomic E-state index is 4.31. The van der Waals surface area contributed by atoms with Gasteiger partial charge in [0.15, 0.2) is 0 Å². The lowest BCUT2D eigenvalue weighted by Gasteiger charge is -2.06. The highest BCUT2D eigenvalue weighted by Crippen LogP contribution is 2.67. The van der Waals surface area contributed by atoms with Gasteiger partial charge >= 0.3 is 0 Å². The largest absolute Gasteiger partial charge is 0.337 e. The number of nitrogens with zero attached hydrogens (tertiary/aromatic N) is 2. The molecule has 1 aromatic rings. The van der Waals surface area contributed by atoms with E-state index in [-0.39, 0.29) is 0 Å². The molecule has 3 heteroatoms. The molecule has 1 aliphatic rings. The molecule has 0 bridgehead atoms. The second-order valence-electron chi connectivity index (χ2n) is 6.08. The monoisotopic (exact) mass is 221 g/mol. The average molecular weight is 221 g/mol. The molecule has 2 rings (SSSR count). The minimum Gasteiger partial charge on any atom is -0.337 e. The molecule has 1 aliphatic carbocycles. The van der Waals surface area contributed by atoms with Crippen molar-refractivity contribution in [1.82, 2.24) is 14.9 Å². The van der Waals surface area contributed by atoms with Crippen molar-refractivity contribution in [1.29, 1.82) is 0 Å². The van der Waals surface area contributed by atoms with Crippen molar-refractivity contribution >= 4 is 0 Å². The molecule has 0 aromatic carbocycles. The van der Waals surface area contributed by atoms with Crippen LogP contribution in [0.3, 0.4) is 0 Å². The van der Waals surface area contributed by atoms with E-state index >= 15 is 0 Å². The van der Waals surface area contributed by atoms with Crippen LogP contribution in [0.2, 0.25) is 0 Å². The van der Waals surface area contributed by atoms with Gasteiger partial charge in [0.1, 0.15) is 5.82 Å². The van der Waals surface area contributed by atoms with Gasteiger partial charge in [0, 0.05) is 19.4 Å². The molecule has 16 heavy (non-hydrogen) atoms. The smallest absolute Gasteiger partial charge is 0.122 e. The van der Waals surface area contributed by atoms with E-state index in [2.05, 4.69) is 42.6 Å². The molecule has 1 N–H and O–H groups in total. The van der Waals surface area contributed by atoms with Gasteiger partial charge in [-0.1, -0.05) is 27.7 Å². The van der Waals surface area contributed by atoms with Crippen LogP contribution in [0, 0.1) is 16.7 Å². The summed E-state index contributed by atoms with van der Waals surface area (Å²) in [4.78, 5) is 4.31. The summed E-state index contributed by atoms with van der Waals surface area (Å²) in [6, 6.07) is 0. The van der Waals surface area contributed by atoms with Crippen molar-refractivity contribution in [2.45, 2.75) is 34.2 Å². The van der Waals surface area contributed by atoms with Crippen molar-refractivity contribution in [3.05, 3.63) is 18.2 Å². The molecular formula is C13H23N3. The number of rotatable bonds is 4. The van der Waals surface area contributed by atoms with Crippen LogP contribution in [0.1, 0.15) is 33.5 Å². The summed E-state index contributed by atoms with van der Waals surface area (Å²) >= 11 is 0. The van der Waals surface area contributed by atoms with Crippen LogP contribution in [-0.4, -0.2) is 16.1 Å². The Morgan fingerprint density at radius 3 is 2.38 bits per heavy atom. The van der Waals surface area contributed by atoms with Crippen molar-refractivity contribution in [2.24, 2.45) is 23.8 Å². The maximum Gasteiger partial charge on any atom is 0.122 e. The van der Waals surface area contributed by atoms with Crippen LogP contribution >= 0.6 is 0 Å². The predicted octanol–water partition coefficient (Wildman–Crippen LogP) is 2.19. The van der Waals surface area contributed by atoms with Gasteiger partial charge in [-0.15, -0.1) is 0 Å². The lowest BCUT2D eigenvalue weighted by molar-refractivity contribution is 0.457. The third kappa shape index (κ3) is 1.67. The highest BCUT2D eigenvalue weighted by Gasteiger charge is 2.63. The van der Waals surface area contributed by atoms with Crippen LogP contribution in [-0.2, 0) is 13.6 Å². The third-order valence-electron chi connectivity index (χ3n) is 4.87. The summed E-state index contributed by atoms with van der Waals surface area (Å²) in [7, 11) is 2.04. The van der Waals surface area contributed by atoms with Gasteiger partial charge in [-0.05, 0) is 23.3 Å². The van der Waals surface area contributed by atoms with Gasteiger partial charge in [0.25, 0.3) is 0 Å². The Hall–Kier alpha value is -0.830. The molecule has 0 saturated heterocycles. The summed E-state index contributed by atoms with van der Waals surface area (Å²) in [6.07, 6.45) is 3.84. The zero-order chi connectivity index (χ0) is 12.0. The average Bonchev–Trinajstić information content (AvgIpc) is 2.52. The first-order chi connectivity index (χ1) is 7.37. The standard InChI is InChI=1S/C13H23N3/c1-12(2)10(13(12,3)4)8-14-9-11-15-6-7-16(11)5/h6-7,10,14H,8-9H2,1-5H3. The van der Waals surface area contributed by atoms with Crippen LogP contribution < -0.4 is 5.32 Å². The van der Waals surface area contributed by atoms with E-state index in [1.54, 1.807) is 0 Å². The molecule has 0 unspecified atom stereocenters. The summed E-state index contributed by atoms with van der Waals surface area (Å²) in [6.45, 7) is 11.4. The number of imidazole rings is 1. The Kier molecular flexibility index (Phi) is 2.61. The van der Waals surface area contributed by atoms with E-state index in [1.807, 2.05) is 19.4 Å². The lowest BCUT2D eigenvalue weighted by atomic mass is 10.0. The first-order valence-corrected chi connectivity index (χ1v) is 6.04. The number of aryl methyl sites for hydroxylation is 1. The van der Waals surface area contributed by atoms with Gasteiger partial charge in [0.05, 0.1) is 6.54 Å². The number of nitrogens with one attached hydrogen (secondary N) is 1. The zero-order valence-electron chi connectivity index (χ0n) is 11.0. The Balaban J connectivity index is 1.81. The van der Waals surface area contributed by atoms with Crippen LogP contribution in [0.4, 0.5) is 0 Å².